The summed E-state index contributed by atoms with van der Waals surface area (Å²) in [5.74, 6) is 0.527. The van der Waals surface area contributed by atoms with Gasteiger partial charge in [-0.15, -0.1) is 0 Å². The molecule has 0 saturated carbocycles. The number of amides is 3. The molecule has 2 unspecified atom stereocenters. The molecule has 0 bridgehead atoms. The molecule has 4 rings (SSSR count). The normalized spacial score (nSPS) is 26.8. The fourth-order valence-electron chi connectivity index (χ4n) is 4.15. The minimum Gasteiger partial charge on any atom is -0.326 e. The minimum absolute atomic E-state index is 0.0922. The van der Waals surface area contributed by atoms with Gasteiger partial charge in [-0.3, -0.25) is 15.1 Å². The third-order valence-electron chi connectivity index (χ3n) is 5.77. The van der Waals surface area contributed by atoms with Crippen molar-refractivity contribution in [3.05, 3.63) is 46.7 Å². The Morgan fingerprint density at radius 3 is 2.89 bits per heavy atom. The third kappa shape index (κ3) is 3.51. The Bertz CT molecular complexity index is 917. The second-order valence-corrected chi connectivity index (χ2v) is 8.04. The molecule has 28 heavy (non-hydrogen) atoms. The maximum absolute atomic E-state index is 12.3. The molecule has 1 N–H and O–H groups in total. The number of carbonyl (C=O) groups is 2. The predicted molar refractivity (Wildman–Crippen MR) is 110 cm³/mol. The lowest BCUT2D eigenvalue weighted by Gasteiger charge is -2.39. The summed E-state index contributed by atoms with van der Waals surface area (Å²) in [6.07, 6.45) is 12.7. The van der Waals surface area contributed by atoms with Gasteiger partial charge in [-0.1, -0.05) is 41.9 Å². The molecule has 3 amide bonds. The van der Waals surface area contributed by atoms with E-state index in [0.29, 0.717) is 18.3 Å². The number of amidine groups is 1. The number of hydrogen-bond acceptors (Lipinski definition) is 4. The maximum atomic E-state index is 12.3. The molecular weight excluding hydrogens is 352 g/mol. The quantitative estimate of drug-likeness (QED) is 0.811. The topological polar surface area (TPSA) is 74.1 Å². The molecule has 0 radical (unpaired) electrons. The van der Waals surface area contributed by atoms with Crippen LogP contribution in [0, 0.1) is 5.92 Å². The standard InChI is InChI=1S/C22H26N4O2/c1-13-6-4-7-16(10-13)8-5-9-26-18-12-15(3)14(2)11-17(18)23-19-20(26)24-22(28)25-21(19)27/h4,7,10,12-13,17H,5-6,8-9,11H2,1-3H3,(H,25,27,28). The van der Waals surface area contributed by atoms with Crippen LogP contribution in [0.15, 0.2) is 56.7 Å². The molecule has 2 aliphatic carbocycles. The van der Waals surface area contributed by atoms with Crippen molar-refractivity contribution in [2.75, 3.05) is 6.54 Å². The van der Waals surface area contributed by atoms with E-state index in [4.69, 9.17) is 0 Å². The highest BCUT2D eigenvalue weighted by molar-refractivity contribution is 6.69. The Morgan fingerprint density at radius 2 is 2.11 bits per heavy atom. The zero-order valence-corrected chi connectivity index (χ0v) is 16.7. The van der Waals surface area contributed by atoms with Gasteiger partial charge in [-0.2, -0.15) is 4.99 Å². The number of allylic oxidation sites excluding steroid dienone is 6. The fraction of sp³-hybridized carbons (Fsp3) is 0.455. The zero-order chi connectivity index (χ0) is 19.8. The minimum atomic E-state index is -0.617. The smallest absolute Gasteiger partial charge is 0.326 e. The molecule has 2 heterocycles. The summed E-state index contributed by atoms with van der Waals surface area (Å²) in [7, 11) is 0. The van der Waals surface area contributed by atoms with Crippen molar-refractivity contribution in [2.45, 2.75) is 52.5 Å². The Morgan fingerprint density at radius 1 is 1.29 bits per heavy atom. The lowest BCUT2D eigenvalue weighted by Crippen LogP contribution is -2.54. The molecule has 0 fully saturated rings. The van der Waals surface area contributed by atoms with Crippen molar-refractivity contribution in [1.82, 2.24) is 10.2 Å². The Hall–Kier alpha value is -2.76. The summed E-state index contributed by atoms with van der Waals surface area (Å²) >= 11 is 0. The molecule has 146 valence electrons. The highest BCUT2D eigenvalue weighted by Gasteiger charge is 2.39. The van der Waals surface area contributed by atoms with Crippen molar-refractivity contribution in [2.24, 2.45) is 15.9 Å². The average Bonchev–Trinajstić information content (AvgIpc) is 2.63. The molecule has 0 spiro atoms. The van der Waals surface area contributed by atoms with E-state index in [1.165, 1.54) is 16.7 Å². The molecule has 4 aliphatic rings. The molecular formula is C22H26N4O2. The number of rotatable bonds is 4. The van der Waals surface area contributed by atoms with E-state index in [9.17, 15) is 9.59 Å². The molecule has 2 atom stereocenters. The SMILES string of the molecule is CC1=C(C)CC2N=C3C(=O)NC(=O)N=C3N(CCCC3=CC(C)CC=C3)C2=C1. The molecule has 6 heteroatoms. The summed E-state index contributed by atoms with van der Waals surface area (Å²) in [5, 5.41) is 2.25. The molecule has 2 aliphatic heterocycles. The first kappa shape index (κ1) is 18.6. The number of imide groups is 1. The Balaban J connectivity index is 1.61. The first-order valence-electron chi connectivity index (χ1n) is 9.97. The van der Waals surface area contributed by atoms with Crippen LogP contribution < -0.4 is 5.32 Å². The van der Waals surface area contributed by atoms with Gasteiger partial charge in [-0.05, 0) is 51.5 Å². The van der Waals surface area contributed by atoms with Gasteiger partial charge in [0.1, 0.15) is 0 Å². The second kappa shape index (κ2) is 7.34. The predicted octanol–water partition coefficient (Wildman–Crippen LogP) is 3.69. The number of nitrogens with zero attached hydrogens (tertiary/aromatic N) is 3. The van der Waals surface area contributed by atoms with Crippen molar-refractivity contribution >= 4 is 23.5 Å². The summed E-state index contributed by atoms with van der Waals surface area (Å²) in [4.78, 5) is 35.0. The highest BCUT2D eigenvalue weighted by atomic mass is 16.2. The third-order valence-corrected chi connectivity index (χ3v) is 5.77. The van der Waals surface area contributed by atoms with E-state index in [2.05, 4.69) is 60.4 Å². The first-order valence-corrected chi connectivity index (χ1v) is 9.97. The number of hydrogen-bond donors (Lipinski definition) is 1. The fourth-order valence-corrected chi connectivity index (χ4v) is 4.15. The number of carbonyl (C=O) groups excluding carboxylic acids is 2. The lowest BCUT2D eigenvalue weighted by molar-refractivity contribution is -0.113. The first-order chi connectivity index (χ1) is 13.4. The average molecular weight is 378 g/mol. The van der Waals surface area contributed by atoms with Crippen LogP contribution in [0.2, 0.25) is 0 Å². The second-order valence-electron chi connectivity index (χ2n) is 8.04. The van der Waals surface area contributed by atoms with Crippen LogP contribution in [-0.2, 0) is 4.79 Å². The van der Waals surface area contributed by atoms with Gasteiger partial charge < -0.3 is 4.90 Å². The van der Waals surface area contributed by atoms with Crippen molar-refractivity contribution < 1.29 is 9.59 Å². The van der Waals surface area contributed by atoms with E-state index in [0.717, 1.165) is 31.4 Å². The van der Waals surface area contributed by atoms with Crippen molar-refractivity contribution in [1.29, 1.82) is 0 Å². The van der Waals surface area contributed by atoms with Gasteiger partial charge in [0.2, 0.25) is 0 Å². The van der Waals surface area contributed by atoms with Crippen LogP contribution in [0.3, 0.4) is 0 Å². The van der Waals surface area contributed by atoms with E-state index < -0.39 is 11.9 Å². The van der Waals surface area contributed by atoms with E-state index in [1.54, 1.807) is 0 Å². The van der Waals surface area contributed by atoms with Gasteiger partial charge in [0.25, 0.3) is 5.91 Å². The van der Waals surface area contributed by atoms with Crippen LogP contribution in [0.1, 0.15) is 46.5 Å². The molecule has 0 aromatic heterocycles. The van der Waals surface area contributed by atoms with Crippen LogP contribution in [0.25, 0.3) is 0 Å². The number of aliphatic imine (C=N–C) groups is 2. The van der Waals surface area contributed by atoms with Crippen LogP contribution in [-0.4, -0.2) is 41.0 Å². The van der Waals surface area contributed by atoms with Gasteiger partial charge in [0.15, 0.2) is 11.5 Å². The maximum Gasteiger partial charge on any atom is 0.349 e. The summed E-state index contributed by atoms with van der Waals surface area (Å²) in [6, 6.07) is -0.709. The van der Waals surface area contributed by atoms with E-state index in [-0.39, 0.29) is 11.8 Å². The van der Waals surface area contributed by atoms with Gasteiger partial charge in [0.05, 0.1) is 6.04 Å². The summed E-state index contributed by atoms with van der Waals surface area (Å²) in [6.45, 7) is 7.12. The summed E-state index contributed by atoms with van der Waals surface area (Å²) < 4.78 is 0. The molecule has 0 aromatic rings. The van der Waals surface area contributed by atoms with Crippen LogP contribution >= 0.6 is 0 Å². The number of nitrogens with one attached hydrogen (secondary N) is 1. The van der Waals surface area contributed by atoms with Crippen molar-refractivity contribution in [3.8, 4) is 0 Å². The zero-order valence-electron chi connectivity index (χ0n) is 16.7. The largest absolute Gasteiger partial charge is 0.349 e. The Labute approximate surface area is 165 Å². The van der Waals surface area contributed by atoms with Crippen molar-refractivity contribution in [3.63, 3.8) is 0 Å². The van der Waals surface area contributed by atoms with Crippen LogP contribution in [0.5, 0.6) is 0 Å². The number of urea groups is 1. The monoisotopic (exact) mass is 378 g/mol. The number of fused-ring (bicyclic) bond motifs is 2. The van der Waals surface area contributed by atoms with E-state index >= 15 is 0 Å². The highest BCUT2D eigenvalue weighted by Crippen LogP contribution is 2.33. The molecule has 6 nitrogen and oxygen atoms in total. The van der Waals surface area contributed by atoms with Gasteiger partial charge >= 0.3 is 6.03 Å². The lowest BCUT2D eigenvalue weighted by atomic mass is 9.90. The Kier molecular flexibility index (Phi) is 4.87. The van der Waals surface area contributed by atoms with Gasteiger partial charge in [0, 0.05) is 12.2 Å². The molecule has 0 aromatic carbocycles. The van der Waals surface area contributed by atoms with Crippen LogP contribution in [0.4, 0.5) is 4.79 Å². The molecule has 0 saturated heterocycles. The summed E-state index contributed by atoms with van der Waals surface area (Å²) in [5.41, 5.74) is 5.16. The van der Waals surface area contributed by atoms with E-state index in [1.807, 2.05) is 4.90 Å². The van der Waals surface area contributed by atoms with Gasteiger partial charge in [-0.25, -0.2) is 4.79 Å².